The van der Waals surface area contributed by atoms with Gasteiger partial charge >= 0.3 is 0 Å². The van der Waals surface area contributed by atoms with E-state index in [-0.39, 0.29) is 18.6 Å². The molecule has 1 aliphatic rings. The molecule has 3 nitrogen and oxygen atoms in total. The Kier molecular flexibility index (Phi) is 4.48. The van der Waals surface area contributed by atoms with Gasteiger partial charge < -0.3 is 10.4 Å². The van der Waals surface area contributed by atoms with Crippen LogP contribution in [0.5, 0.6) is 0 Å². The van der Waals surface area contributed by atoms with Crippen molar-refractivity contribution in [1.29, 1.82) is 0 Å². The van der Waals surface area contributed by atoms with E-state index in [1.165, 1.54) is 10.4 Å². The first-order valence-corrected chi connectivity index (χ1v) is 7.79. The molecular weight excluding hydrogens is 254 g/mol. The fourth-order valence-corrected chi connectivity index (χ4v) is 4.10. The van der Waals surface area contributed by atoms with E-state index in [1.807, 2.05) is 24.8 Å². The first-order valence-electron chi connectivity index (χ1n) is 5.81. The molecule has 1 aromatic rings. The maximum Gasteiger partial charge on any atom is 0.261 e. The van der Waals surface area contributed by atoms with E-state index in [2.05, 4.69) is 5.32 Å². The first-order chi connectivity index (χ1) is 8.20. The van der Waals surface area contributed by atoms with Crippen LogP contribution in [0.4, 0.5) is 0 Å². The van der Waals surface area contributed by atoms with Gasteiger partial charge in [0, 0.05) is 23.3 Å². The van der Waals surface area contributed by atoms with Crippen LogP contribution in [-0.2, 0) is 12.2 Å². The maximum atomic E-state index is 12.0. The minimum Gasteiger partial charge on any atom is -0.396 e. The summed E-state index contributed by atoms with van der Waals surface area (Å²) in [5.74, 6) is 2.19. The van der Waals surface area contributed by atoms with Crippen LogP contribution in [0.1, 0.15) is 33.5 Å². The Balaban J connectivity index is 2.01. The number of hydrogen-bond donors (Lipinski definition) is 2. The summed E-state index contributed by atoms with van der Waals surface area (Å²) in [6, 6.07) is 2.05. The van der Waals surface area contributed by atoms with Gasteiger partial charge in [0.15, 0.2) is 0 Å². The lowest BCUT2D eigenvalue weighted by Gasteiger charge is -2.10. The molecule has 1 unspecified atom stereocenters. The van der Waals surface area contributed by atoms with E-state index in [0.29, 0.717) is 6.42 Å². The number of thiophene rings is 1. The van der Waals surface area contributed by atoms with Gasteiger partial charge in [0.25, 0.3) is 5.91 Å². The zero-order chi connectivity index (χ0) is 12.3. The molecule has 1 aromatic heterocycles. The predicted molar refractivity (Wildman–Crippen MR) is 72.8 cm³/mol. The highest BCUT2D eigenvalue weighted by atomic mass is 32.2. The van der Waals surface area contributed by atoms with Gasteiger partial charge in [0.1, 0.15) is 0 Å². The summed E-state index contributed by atoms with van der Waals surface area (Å²) >= 11 is 3.54. The van der Waals surface area contributed by atoms with Crippen molar-refractivity contribution in [3.8, 4) is 0 Å². The van der Waals surface area contributed by atoms with Crippen molar-refractivity contribution < 1.29 is 9.90 Å². The molecule has 0 fully saturated rings. The topological polar surface area (TPSA) is 49.3 Å². The van der Waals surface area contributed by atoms with Crippen LogP contribution in [0.15, 0.2) is 6.07 Å². The van der Waals surface area contributed by atoms with Gasteiger partial charge in [-0.3, -0.25) is 4.79 Å². The predicted octanol–water partition coefficient (Wildman–Crippen LogP) is 2.04. The molecule has 0 saturated carbocycles. The molecule has 94 valence electrons. The third-order valence-electron chi connectivity index (χ3n) is 2.79. The average Bonchev–Trinajstić information content (AvgIpc) is 2.72. The summed E-state index contributed by atoms with van der Waals surface area (Å²) in [4.78, 5) is 14.1. The monoisotopic (exact) mass is 271 g/mol. The van der Waals surface area contributed by atoms with Gasteiger partial charge in [-0.1, -0.05) is 0 Å². The SMILES string of the molecule is CC(CCO)NC(=O)c1cc2c(s1)CCSC2. The highest BCUT2D eigenvalue weighted by molar-refractivity contribution is 7.98. The van der Waals surface area contributed by atoms with Crippen LogP contribution in [0.3, 0.4) is 0 Å². The third-order valence-corrected chi connectivity index (χ3v) is 5.03. The number of carbonyl (C=O) groups excluding carboxylic acids is 1. The van der Waals surface area contributed by atoms with Crippen LogP contribution in [0.25, 0.3) is 0 Å². The molecule has 2 heterocycles. The molecule has 2 N–H and O–H groups in total. The molecule has 0 bridgehead atoms. The molecule has 0 saturated heterocycles. The number of aliphatic hydroxyl groups excluding tert-OH is 1. The quantitative estimate of drug-likeness (QED) is 0.881. The number of nitrogens with one attached hydrogen (secondary N) is 1. The van der Waals surface area contributed by atoms with E-state index >= 15 is 0 Å². The summed E-state index contributed by atoms with van der Waals surface area (Å²) in [5, 5.41) is 11.7. The molecule has 0 radical (unpaired) electrons. The van der Waals surface area contributed by atoms with Crippen molar-refractivity contribution in [3.05, 3.63) is 21.4 Å². The Hall–Kier alpha value is -0.520. The zero-order valence-corrected chi connectivity index (χ0v) is 11.5. The lowest BCUT2D eigenvalue weighted by atomic mass is 10.2. The van der Waals surface area contributed by atoms with Crippen molar-refractivity contribution >= 4 is 29.0 Å². The molecule has 2 rings (SSSR count). The molecule has 1 aliphatic heterocycles. The minimum atomic E-state index is -0.00431. The Morgan fingerprint density at radius 1 is 1.65 bits per heavy atom. The second kappa shape index (κ2) is 5.89. The normalized spacial score (nSPS) is 16.4. The van der Waals surface area contributed by atoms with E-state index < -0.39 is 0 Å². The first kappa shape index (κ1) is 12.9. The standard InChI is InChI=1S/C12H17NO2S2/c1-8(2-4-14)13-12(15)11-6-9-7-16-5-3-10(9)17-11/h6,8,14H,2-5,7H2,1H3,(H,13,15). The summed E-state index contributed by atoms with van der Waals surface area (Å²) in [6.07, 6.45) is 1.69. The number of rotatable bonds is 4. The van der Waals surface area contributed by atoms with Gasteiger partial charge in [-0.25, -0.2) is 0 Å². The number of hydrogen-bond acceptors (Lipinski definition) is 4. The summed E-state index contributed by atoms with van der Waals surface area (Å²) in [7, 11) is 0. The van der Waals surface area contributed by atoms with Gasteiger partial charge in [-0.15, -0.1) is 11.3 Å². The van der Waals surface area contributed by atoms with Crippen molar-refractivity contribution in [2.75, 3.05) is 12.4 Å². The summed E-state index contributed by atoms with van der Waals surface area (Å²) in [5.41, 5.74) is 1.33. The number of fused-ring (bicyclic) bond motifs is 1. The Labute approximate surface area is 110 Å². The maximum absolute atomic E-state index is 12.0. The number of aliphatic hydroxyl groups is 1. The molecule has 5 heteroatoms. The largest absolute Gasteiger partial charge is 0.396 e. The highest BCUT2D eigenvalue weighted by Crippen LogP contribution is 2.31. The Bertz CT molecular complexity index is 380. The van der Waals surface area contributed by atoms with Crippen LogP contribution in [0, 0.1) is 0 Å². The average molecular weight is 271 g/mol. The molecule has 0 aliphatic carbocycles. The van der Waals surface area contributed by atoms with Gasteiger partial charge in [-0.2, -0.15) is 11.8 Å². The van der Waals surface area contributed by atoms with Crippen molar-refractivity contribution in [2.45, 2.75) is 31.6 Å². The van der Waals surface area contributed by atoms with Crippen LogP contribution >= 0.6 is 23.1 Å². The van der Waals surface area contributed by atoms with E-state index in [1.54, 1.807) is 11.3 Å². The van der Waals surface area contributed by atoms with E-state index in [0.717, 1.165) is 22.8 Å². The molecule has 1 atom stereocenters. The van der Waals surface area contributed by atoms with Crippen LogP contribution < -0.4 is 5.32 Å². The number of carbonyl (C=O) groups is 1. The lowest BCUT2D eigenvalue weighted by molar-refractivity contribution is 0.0938. The highest BCUT2D eigenvalue weighted by Gasteiger charge is 2.18. The van der Waals surface area contributed by atoms with Gasteiger partial charge in [-0.05, 0) is 37.1 Å². The molecule has 0 spiro atoms. The van der Waals surface area contributed by atoms with Crippen molar-refractivity contribution in [3.63, 3.8) is 0 Å². The zero-order valence-electron chi connectivity index (χ0n) is 9.86. The second-order valence-electron chi connectivity index (χ2n) is 4.25. The minimum absolute atomic E-state index is 0.00431. The number of aryl methyl sites for hydroxylation is 1. The molecule has 0 aromatic carbocycles. The van der Waals surface area contributed by atoms with Crippen LogP contribution in [-0.4, -0.2) is 29.4 Å². The molecule has 17 heavy (non-hydrogen) atoms. The van der Waals surface area contributed by atoms with E-state index in [9.17, 15) is 4.79 Å². The fourth-order valence-electron chi connectivity index (χ4n) is 1.82. The number of amides is 1. The number of thioether (sulfide) groups is 1. The molecule has 1 amide bonds. The van der Waals surface area contributed by atoms with Crippen molar-refractivity contribution in [2.24, 2.45) is 0 Å². The van der Waals surface area contributed by atoms with Gasteiger partial charge in [0.05, 0.1) is 4.88 Å². The smallest absolute Gasteiger partial charge is 0.261 e. The summed E-state index contributed by atoms with van der Waals surface area (Å²) in [6.45, 7) is 2.02. The van der Waals surface area contributed by atoms with Crippen molar-refractivity contribution in [1.82, 2.24) is 5.32 Å². The van der Waals surface area contributed by atoms with Gasteiger partial charge in [0.2, 0.25) is 0 Å². The van der Waals surface area contributed by atoms with E-state index in [4.69, 9.17) is 5.11 Å². The second-order valence-corrected chi connectivity index (χ2v) is 6.49. The lowest BCUT2D eigenvalue weighted by Crippen LogP contribution is -2.32. The summed E-state index contributed by atoms with van der Waals surface area (Å²) < 4.78 is 0. The molecular formula is C12H17NO2S2. The fraction of sp³-hybridized carbons (Fsp3) is 0.583. The Morgan fingerprint density at radius 2 is 2.47 bits per heavy atom. The third kappa shape index (κ3) is 3.24. The Morgan fingerprint density at radius 3 is 3.18 bits per heavy atom. The van der Waals surface area contributed by atoms with Crippen LogP contribution in [0.2, 0.25) is 0 Å².